The van der Waals surface area contributed by atoms with Crippen LogP contribution in [0.3, 0.4) is 0 Å². The zero-order valence-electron chi connectivity index (χ0n) is 13.2. The van der Waals surface area contributed by atoms with Crippen molar-refractivity contribution in [2.75, 3.05) is 13.2 Å². The van der Waals surface area contributed by atoms with Crippen molar-refractivity contribution in [3.05, 3.63) is 0 Å². The van der Waals surface area contributed by atoms with Gasteiger partial charge in [0.2, 0.25) is 0 Å². The van der Waals surface area contributed by atoms with E-state index in [9.17, 15) is 5.11 Å². The topological polar surface area (TPSA) is 32.3 Å². The van der Waals surface area contributed by atoms with Crippen LogP contribution in [0.4, 0.5) is 0 Å². The summed E-state index contributed by atoms with van der Waals surface area (Å²) in [4.78, 5) is 0. The highest BCUT2D eigenvalue weighted by Gasteiger charge is 2.24. The Kier molecular flexibility index (Phi) is 9.54. The Balaban J connectivity index is 2.06. The van der Waals surface area contributed by atoms with Crippen LogP contribution in [-0.2, 0) is 0 Å². The van der Waals surface area contributed by atoms with Gasteiger partial charge in [0.1, 0.15) is 0 Å². The lowest BCUT2D eigenvalue weighted by atomic mass is 9.79. The molecule has 3 atom stereocenters. The Bertz CT molecular complexity index is 207. The number of aliphatic hydroxyl groups is 1. The maximum absolute atomic E-state index is 9.42. The summed E-state index contributed by atoms with van der Waals surface area (Å²) in [6.45, 7) is 6.08. The first-order valence-corrected chi connectivity index (χ1v) is 8.62. The number of hydrogen-bond acceptors (Lipinski definition) is 2. The predicted octanol–water partition coefficient (Wildman–Crippen LogP) is 4.12. The van der Waals surface area contributed by atoms with Gasteiger partial charge in [-0.1, -0.05) is 51.9 Å². The fourth-order valence-corrected chi connectivity index (χ4v) is 3.30. The van der Waals surface area contributed by atoms with Crippen LogP contribution >= 0.6 is 0 Å². The van der Waals surface area contributed by atoms with E-state index in [1.54, 1.807) is 0 Å². The lowest BCUT2D eigenvalue weighted by Gasteiger charge is -2.31. The van der Waals surface area contributed by atoms with Crippen LogP contribution in [0.15, 0.2) is 0 Å². The molecule has 1 fully saturated rings. The Morgan fingerprint density at radius 3 is 2.42 bits per heavy atom. The molecular weight excluding hydrogens is 234 g/mol. The standard InChI is InChI=1S/C17H35NO/c1-3-4-5-6-7-10-15(2)18-13-16-11-8-9-12-17(16)14-19/h15-19H,3-14H2,1-2H3. The molecule has 0 spiro atoms. The summed E-state index contributed by atoms with van der Waals surface area (Å²) in [7, 11) is 0. The Morgan fingerprint density at radius 2 is 1.74 bits per heavy atom. The van der Waals surface area contributed by atoms with Crippen molar-refractivity contribution in [3.8, 4) is 0 Å². The van der Waals surface area contributed by atoms with E-state index in [1.807, 2.05) is 0 Å². The lowest BCUT2D eigenvalue weighted by Crippen LogP contribution is -2.36. The second-order valence-electron chi connectivity index (χ2n) is 6.50. The summed E-state index contributed by atoms with van der Waals surface area (Å²) in [6, 6.07) is 0.642. The van der Waals surface area contributed by atoms with E-state index >= 15 is 0 Å². The smallest absolute Gasteiger partial charge is 0.0462 e. The molecule has 0 aliphatic heterocycles. The Labute approximate surface area is 120 Å². The molecule has 1 aliphatic rings. The molecule has 2 nitrogen and oxygen atoms in total. The predicted molar refractivity (Wildman–Crippen MR) is 83.4 cm³/mol. The summed E-state index contributed by atoms with van der Waals surface area (Å²) in [5.74, 6) is 1.26. The minimum atomic E-state index is 0.387. The molecular formula is C17H35NO. The van der Waals surface area contributed by atoms with Gasteiger partial charge in [0.15, 0.2) is 0 Å². The van der Waals surface area contributed by atoms with E-state index in [0.717, 1.165) is 6.54 Å². The fourth-order valence-electron chi connectivity index (χ4n) is 3.30. The Hall–Kier alpha value is -0.0800. The third-order valence-electron chi connectivity index (χ3n) is 4.77. The van der Waals surface area contributed by atoms with Crippen LogP contribution in [0.5, 0.6) is 0 Å². The number of rotatable bonds is 10. The quantitative estimate of drug-likeness (QED) is 0.585. The van der Waals surface area contributed by atoms with Gasteiger partial charge in [-0.15, -0.1) is 0 Å². The molecule has 0 amide bonds. The molecule has 1 rings (SSSR count). The minimum Gasteiger partial charge on any atom is -0.396 e. The molecule has 1 saturated carbocycles. The van der Waals surface area contributed by atoms with Gasteiger partial charge in [0.05, 0.1) is 0 Å². The molecule has 0 aromatic rings. The fraction of sp³-hybridized carbons (Fsp3) is 1.00. The zero-order chi connectivity index (χ0) is 13.9. The third kappa shape index (κ3) is 7.31. The second-order valence-corrected chi connectivity index (χ2v) is 6.50. The van der Waals surface area contributed by atoms with Crippen molar-refractivity contribution < 1.29 is 5.11 Å². The van der Waals surface area contributed by atoms with Crippen molar-refractivity contribution in [2.24, 2.45) is 11.8 Å². The zero-order valence-corrected chi connectivity index (χ0v) is 13.2. The SMILES string of the molecule is CCCCCCCC(C)NCC1CCCCC1CO. The summed E-state index contributed by atoms with van der Waals surface area (Å²) >= 11 is 0. The van der Waals surface area contributed by atoms with Crippen LogP contribution in [0.25, 0.3) is 0 Å². The van der Waals surface area contributed by atoms with Crippen molar-refractivity contribution in [1.29, 1.82) is 0 Å². The first-order chi connectivity index (χ1) is 9.27. The average Bonchev–Trinajstić information content (AvgIpc) is 2.45. The molecule has 0 saturated heterocycles. The first kappa shape index (κ1) is 17.0. The van der Waals surface area contributed by atoms with Crippen molar-refractivity contribution in [1.82, 2.24) is 5.32 Å². The molecule has 3 unspecified atom stereocenters. The van der Waals surface area contributed by atoms with Crippen LogP contribution in [0, 0.1) is 11.8 Å². The van der Waals surface area contributed by atoms with E-state index in [0.29, 0.717) is 24.5 Å². The van der Waals surface area contributed by atoms with Gasteiger partial charge in [-0.3, -0.25) is 0 Å². The second kappa shape index (κ2) is 10.7. The monoisotopic (exact) mass is 269 g/mol. The van der Waals surface area contributed by atoms with Crippen LogP contribution in [0.2, 0.25) is 0 Å². The van der Waals surface area contributed by atoms with Crippen LogP contribution in [-0.4, -0.2) is 24.3 Å². The number of unbranched alkanes of at least 4 members (excludes halogenated alkanes) is 4. The number of hydrogen-bond donors (Lipinski definition) is 2. The summed E-state index contributed by atoms with van der Waals surface area (Å²) in [5.41, 5.74) is 0. The van der Waals surface area contributed by atoms with Crippen molar-refractivity contribution in [2.45, 2.75) is 84.1 Å². The molecule has 2 N–H and O–H groups in total. The molecule has 0 bridgehead atoms. The average molecular weight is 269 g/mol. The van der Waals surface area contributed by atoms with Crippen LogP contribution in [0.1, 0.15) is 78.1 Å². The van der Waals surface area contributed by atoms with Crippen molar-refractivity contribution in [3.63, 3.8) is 0 Å². The Morgan fingerprint density at radius 1 is 1.05 bits per heavy atom. The highest BCUT2D eigenvalue weighted by Crippen LogP contribution is 2.29. The summed E-state index contributed by atoms with van der Waals surface area (Å²) < 4.78 is 0. The first-order valence-electron chi connectivity index (χ1n) is 8.62. The highest BCUT2D eigenvalue weighted by molar-refractivity contribution is 4.77. The molecule has 2 heteroatoms. The van der Waals surface area contributed by atoms with Gasteiger partial charge in [-0.05, 0) is 44.6 Å². The summed E-state index contributed by atoms with van der Waals surface area (Å²) in [5, 5.41) is 13.1. The van der Waals surface area contributed by atoms with Gasteiger partial charge in [0, 0.05) is 12.6 Å². The van der Waals surface area contributed by atoms with E-state index in [-0.39, 0.29) is 0 Å². The molecule has 114 valence electrons. The van der Waals surface area contributed by atoms with E-state index in [1.165, 1.54) is 64.2 Å². The highest BCUT2D eigenvalue weighted by atomic mass is 16.3. The van der Waals surface area contributed by atoms with Crippen molar-refractivity contribution >= 4 is 0 Å². The molecule has 19 heavy (non-hydrogen) atoms. The van der Waals surface area contributed by atoms with Gasteiger partial charge in [0.25, 0.3) is 0 Å². The van der Waals surface area contributed by atoms with E-state index in [2.05, 4.69) is 19.2 Å². The largest absolute Gasteiger partial charge is 0.396 e. The van der Waals surface area contributed by atoms with Gasteiger partial charge in [-0.2, -0.15) is 0 Å². The number of aliphatic hydroxyl groups excluding tert-OH is 1. The maximum Gasteiger partial charge on any atom is 0.0462 e. The van der Waals surface area contributed by atoms with Gasteiger partial charge in [-0.25, -0.2) is 0 Å². The molecule has 1 aliphatic carbocycles. The number of nitrogens with one attached hydrogen (secondary N) is 1. The van der Waals surface area contributed by atoms with Crippen LogP contribution < -0.4 is 5.32 Å². The summed E-state index contributed by atoms with van der Waals surface area (Å²) in [6.07, 6.45) is 13.4. The molecule has 0 aromatic carbocycles. The van der Waals surface area contributed by atoms with E-state index in [4.69, 9.17) is 0 Å². The molecule has 0 radical (unpaired) electrons. The third-order valence-corrected chi connectivity index (χ3v) is 4.77. The normalized spacial score (nSPS) is 25.4. The van der Waals surface area contributed by atoms with Gasteiger partial charge < -0.3 is 10.4 Å². The van der Waals surface area contributed by atoms with Gasteiger partial charge >= 0.3 is 0 Å². The molecule has 0 heterocycles. The molecule has 0 aromatic heterocycles. The van der Waals surface area contributed by atoms with E-state index < -0.39 is 0 Å². The minimum absolute atomic E-state index is 0.387. The maximum atomic E-state index is 9.42. The lowest BCUT2D eigenvalue weighted by molar-refractivity contribution is 0.131.